The van der Waals surface area contributed by atoms with Crippen LogP contribution in [-0.4, -0.2) is 0 Å². The molecule has 0 spiro atoms. The SMILES string of the molecule is CCCCCCCCCCCCc1ccc(C2(c3ccc(CCCCCCCCCCCC)cc3)c3cc(Br)sc3-c3sc4cc5c6c(sc5cc4c32)-c2sc(Br)cc2C6(c2ccc(CCCCCCCCCCCC)cc2)c2ccc(CCCCCCCCCCCC)cc2)cc1. The molecule has 0 aliphatic heterocycles. The fourth-order valence-corrected chi connectivity index (χ4v) is 23.3. The van der Waals surface area contributed by atoms with Gasteiger partial charge in [0.25, 0.3) is 0 Å². The summed E-state index contributed by atoms with van der Waals surface area (Å²) in [6.45, 7) is 9.28. The molecular weight excluding hydrogens is 1390 g/mol. The second kappa shape index (κ2) is 39.3. The van der Waals surface area contributed by atoms with Gasteiger partial charge in [-0.25, -0.2) is 0 Å². The van der Waals surface area contributed by atoms with Crippen LogP contribution in [0.3, 0.4) is 0 Å². The maximum absolute atomic E-state index is 4.13. The average molecular weight is 1510 g/mol. The first-order valence-electron chi connectivity index (χ1n) is 40.3. The summed E-state index contributed by atoms with van der Waals surface area (Å²) < 4.78 is 5.24. The summed E-state index contributed by atoms with van der Waals surface area (Å²) >= 11 is 16.3. The zero-order chi connectivity index (χ0) is 67.8. The monoisotopic (exact) mass is 1510 g/mol. The van der Waals surface area contributed by atoms with Crippen LogP contribution in [0.4, 0.5) is 0 Å². The molecule has 0 nitrogen and oxygen atoms in total. The Morgan fingerprint density at radius 1 is 0.245 bits per heavy atom. The van der Waals surface area contributed by atoms with Gasteiger partial charge >= 0.3 is 0 Å². The van der Waals surface area contributed by atoms with Gasteiger partial charge < -0.3 is 0 Å². The van der Waals surface area contributed by atoms with E-state index in [1.807, 2.05) is 22.7 Å². The molecule has 0 bridgehead atoms. The van der Waals surface area contributed by atoms with E-state index in [1.54, 1.807) is 0 Å². The molecule has 6 heteroatoms. The lowest BCUT2D eigenvalue weighted by molar-refractivity contribution is 0.556. The van der Waals surface area contributed by atoms with Crippen LogP contribution in [0.1, 0.15) is 351 Å². The molecule has 98 heavy (non-hydrogen) atoms. The van der Waals surface area contributed by atoms with E-state index in [4.69, 9.17) is 0 Å². The number of hydrogen-bond acceptors (Lipinski definition) is 4. The van der Waals surface area contributed by atoms with Crippen LogP contribution < -0.4 is 0 Å². The number of rotatable bonds is 48. The highest BCUT2D eigenvalue weighted by Crippen LogP contribution is 2.67. The van der Waals surface area contributed by atoms with Crippen molar-refractivity contribution in [3.05, 3.63) is 196 Å². The van der Waals surface area contributed by atoms with Crippen LogP contribution in [0.5, 0.6) is 0 Å². The van der Waals surface area contributed by atoms with Gasteiger partial charge in [0.2, 0.25) is 0 Å². The van der Waals surface area contributed by atoms with Gasteiger partial charge in [-0.3, -0.25) is 0 Å². The van der Waals surface area contributed by atoms with Gasteiger partial charge in [0.05, 0.1) is 37.9 Å². The van der Waals surface area contributed by atoms with Gasteiger partial charge in [-0.1, -0.05) is 356 Å². The Kier molecular flexibility index (Phi) is 30.3. The Labute approximate surface area is 628 Å². The van der Waals surface area contributed by atoms with Crippen molar-refractivity contribution in [2.24, 2.45) is 0 Å². The molecule has 0 saturated heterocycles. The van der Waals surface area contributed by atoms with Crippen LogP contribution in [0.2, 0.25) is 0 Å². The molecule has 0 N–H and O–H groups in total. The minimum absolute atomic E-state index is 0.467. The van der Waals surface area contributed by atoms with Gasteiger partial charge in [-0.15, -0.1) is 45.3 Å². The van der Waals surface area contributed by atoms with Crippen molar-refractivity contribution in [1.82, 2.24) is 0 Å². The highest BCUT2D eigenvalue weighted by molar-refractivity contribution is 9.11. The van der Waals surface area contributed by atoms with E-state index in [1.165, 1.54) is 371 Å². The number of unbranched alkanes of at least 4 members (excludes halogenated alkanes) is 36. The number of benzene rings is 5. The lowest BCUT2D eigenvalue weighted by Gasteiger charge is -2.34. The summed E-state index contributed by atoms with van der Waals surface area (Å²) in [5.74, 6) is 0. The second-order valence-electron chi connectivity index (χ2n) is 30.1. The van der Waals surface area contributed by atoms with E-state index < -0.39 is 10.8 Å². The van der Waals surface area contributed by atoms with Gasteiger partial charge in [0.1, 0.15) is 0 Å². The predicted octanol–water partition coefficient (Wildman–Crippen LogP) is 32.3. The third kappa shape index (κ3) is 18.5. The van der Waals surface area contributed by atoms with Crippen molar-refractivity contribution >= 4 is 97.4 Å². The highest BCUT2D eigenvalue weighted by atomic mass is 79.9. The third-order valence-corrected chi connectivity index (χ3v) is 28.6. The number of halogens is 2. The van der Waals surface area contributed by atoms with Gasteiger partial charge in [-0.2, -0.15) is 0 Å². The molecule has 2 aliphatic carbocycles. The molecule has 5 aromatic carbocycles. The molecule has 0 saturated carbocycles. The zero-order valence-corrected chi connectivity index (χ0v) is 67.5. The van der Waals surface area contributed by atoms with E-state index in [-0.39, 0.29) is 0 Å². The summed E-state index contributed by atoms with van der Waals surface area (Å²) in [5.41, 5.74) is 16.4. The quantitative estimate of drug-likeness (QED) is 0.0334. The van der Waals surface area contributed by atoms with Gasteiger partial charge in [0.15, 0.2) is 0 Å². The standard InChI is InChI=1S/C92H120Br2S4/c1-5-9-13-17-21-25-29-33-37-41-45-69-49-57-73(58-50-69)91(74-59-51-70(52-60-74)46-42-38-34-30-26-22-18-14-10-6-2)79-67-83(93)97-87(79)89-85(91)77-65-82-78(66-81(77)95-89)86-90(96-82)88-80(68-84(94)98-88)92(86,75-61-53-71(54-62-75)47-43-39-35-31-27-23-19-15-11-7-3)76-63-55-72(56-64-76)48-44-40-36-32-28-24-20-16-12-8-4/h49-68H,5-48H2,1-4H3. The molecule has 0 fully saturated rings. The van der Waals surface area contributed by atoms with Crippen molar-refractivity contribution in [2.75, 3.05) is 0 Å². The fraction of sp³-hybridized carbons (Fsp3) is 0.543. The molecule has 4 heterocycles. The van der Waals surface area contributed by atoms with E-state index in [0.29, 0.717) is 0 Å². The minimum atomic E-state index is -0.467. The lowest BCUT2D eigenvalue weighted by atomic mass is 9.67. The first-order valence-corrected chi connectivity index (χ1v) is 45.2. The molecule has 0 atom stereocenters. The first kappa shape index (κ1) is 75.5. The number of aryl methyl sites for hydroxylation is 4. The summed E-state index contributed by atoms with van der Waals surface area (Å²) in [5, 5.41) is 2.85. The number of hydrogen-bond donors (Lipinski definition) is 0. The minimum Gasteiger partial charge on any atom is -0.134 e. The molecule has 0 unspecified atom stereocenters. The number of thiophene rings is 4. The first-order chi connectivity index (χ1) is 48.3. The maximum atomic E-state index is 4.13. The maximum Gasteiger partial charge on any atom is 0.0737 e. The van der Waals surface area contributed by atoms with E-state index in [0.717, 1.165) is 25.7 Å². The summed E-state index contributed by atoms with van der Waals surface area (Å²) in [4.78, 5) is 5.77. The van der Waals surface area contributed by atoms with E-state index in [9.17, 15) is 0 Å². The van der Waals surface area contributed by atoms with Crippen LogP contribution >= 0.6 is 77.2 Å². The van der Waals surface area contributed by atoms with E-state index >= 15 is 0 Å². The Morgan fingerprint density at radius 2 is 0.459 bits per heavy atom. The molecular formula is C92H120Br2S4. The molecule has 4 aromatic heterocycles. The fourth-order valence-electron chi connectivity index (χ4n) is 17.1. The molecule has 526 valence electrons. The number of fused-ring (bicyclic) bond motifs is 10. The summed E-state index contributed by atoms with van der Waals surface area (Å²) in [7, 11) is 0. The molecule has 0 radical (unpaired) electrons. The lowest BCUT2D eigenvalue weighted by Crippen LogP contribution is -2.28. The Balaban J connectivity index is 0.936. The molecule has 0 amide bonds. The molecule has 9 aromatic rings. The van der Waals surface area contributed by atoms with Crippen LogP contribution in [-0.2, 0) is 36.5 Å². The topological polar surface area (TPSA) is 0 Å². The Bertz CT molecular complexity index is 3410. The predicted molar refractivity (Wildman–Crippen MR) is 445 cm³/mol. The van der Waals surface area contributed by atoms with Crippen molar-refractivity contribution in [3.8, 4) is 19.5 Å². The van der Waals surface area contributed by atoms with Crippen LogP contribution in [0, 0.1) is 0 Å². The van der Waals surface area contributed by atoms with Crippen LogP contribution in [0.15, 0.2) is 129 Å². The zero-order valence-electron chi connectivity index (χ0n) is 61.0. The Hall–Kier alpha value is -3.62. The van der Waals surface area contributed by atoms with Crippen LogP contribution in [0.25, 0.3) is 39.7 Å². The second-order valence-corrected chi connectivity index (χ2v) is 37.0. The molecule has 11 rings (SSSR count). The highest BCUT2D eigenvalue weighted by Gasteiger charge is 2.52. The van der Waals surface area contributed by atoms with Gasteiger partial charge in [0, 0.05) is 9.40 Å². The summed E-state index contributed by atoms with van der Waals surface area (Å²) in [6.07, 6.45) is 59.4. The largest absolute Gasteiger partial charge is 0.134 e. The smallest absolute Gasteiger partial charge is 0.0737 e. The van der Waals surface area contributed by atoms with Crippen molar-refractivity contribution in [3.63, 3.8) is 0 Å². The van der Waals surface area contributed by atoms with Crippen molar-refractivity contribution in [2.45, 2.75) is 321 Å². The Morgan fingerprint density at radius 3 is 0.684 bits per heavy atom. The molecule has 2 aliphatic rings. The van der Waals surface area contributed by atoms with Crippen molar-refractivity contribution in [1.29, 1.82) is 0 Å². The van der Waals surface area contributed by atoms with Gasteiger partial charge in [-0.05, 0) is 185 Å². The normalized spacial score (nSPS) is 13.5. The van der Waals surface area contributed by atoms with E-state index in [2.05, 4.69) is 204 Å². The average Bonchev–Trinajstić information content (AvgIpc) is 1.51. The van der Waals surface area contributed by atoms with Crippen molar-refractivity contribution < 1.29 is 0 Å². The summed E-state index contributed by atoms with van der Waals surface area (Å²) in [6, 6.07) is 50.8. The third-order valence-electron chi connectivity index (χ3n) is 22.7.